The van der Waals surface area contributed by atoms with Crippen LogP contribution in [-0.4, -0.2) is 38.4 Å². The van der Waals surface area contributed by atoms with Gasteiger partial charge in [0.25, 0.3) is 10.0 Å². The van der Waals surface area contributed by atoms with Crippen LogP contribution in [0.2, 0.25) is 0 Å². The molecule has 1 aliphatic rings. The first-order valence-corrected chi connectivity index (χ1v) is 6.65. The fourth-order valence-electron chi connectivity index (χ4n) is 1.75. The fraction of sp³-hybridized carbons (Fsp3) is 0.300. The number of nitrogens with zero attached hydrogens (tertiary/aromatic N) is 1. The van der Waals surface area contributed by atoms with E-state index < -0.39 is 21.8 Å². The third-order valence-corrected chi connectivity index (χ3v) is 4.01. The average molecular weight is 293 g/mol. The van der Waals surface area contributed by atoms with Gasteiger partial charge in [-0.2, -0.15) is 8.78 Å². The first-order valence-electron chi connectivity index (χ1n) is 5.14. The summed E-state index contributed by atoms with van der Waals surface area (Å²) in [6.07, 6.45) is 0. The van der Waals surface area contributed by atoms with E-state index in [1.807, 2.05) is 0 Å². The Balaban J connectivity index is 2.58. The SMILES string of the molecule is O=C(O)c1cccc2c1OCCN2S(=O)(=O)C(F)F. The lowest BCUT2D eigenvalue weighted by atomic mass is 10.1. The molecule has 1 N–H and O–H groups in total. The van der Waals surface area contributed by atoms with Crippen LogP contribution in [0.4, 0.5) is 14.5 Å². The number of carbonyl (C=O) groups is 1. The molecule has 0 amide bonds. The third kappa shape index (κ3) is 2.21. The first kappa shape index (κ1) is 13.5. The lowest BCUT2D eigenvalue weighted by Gasteiger charge is -2.30. The number of carboxylic acids is 1. The molecule has 6 nitrogen and oxygen atoms in total. The van der Waals surface area contributed by atoms with Crippen LogP contribution in [0.5, 0.6) is 5.75 Å². The number of sulfonamides is 1. The van der Waals surface area contributed by atoms with Gasteiger partial charge in [-0.15, -0.1) is 0 Å². The molecule has 0 atom stereocenters. The van der Waals surface area contributed by atoms with Gasteiger partial charge in [0.15, 0.2) is 5.75 Å². The molecular weight excluding hydrogens is 284 g/mol. The summed E-state index contributed by atoms with van der Waals surface area (Å²) >= 11 is 0. The van der Waals surface area contributed by atoms with E-state index >= 15 is 0 Å². The standard InChI is InChI=1S/C10H9F2NO5S/c11-10(12)19(16,17)13-4-5-18-8-6(9(14)15)2-1-3-7(8)13/h1-3,10H,4-5H2,(H,14,15). The third-order valence-electron chi connectivity index (χ3n) is 2.57. The molecule has 9 heteroatoms. The van der Waals surface area contributed by atoms with Gasteiger partial charge in [0, 0.05) is 0 Å². The van der Waals surface area contributed by atoms with Gasteiger partial charge in [-0.25, -0.2) is 13.2 Å². The maximum absolute atomic E-state index is 12.6. The van der Waals surface area contributed by atoms with E-state index in [9.17, 15) is 22.0 Å². The summed E-state index contributed by atoms with van der Waals surface area (Å²) in [5.74, 6) is -5.12. The topological polar surface area (TPSA) is 83.9 Å². The molecule has 1 heterocycles. The second kappa shape index (κ2) is 4.65. The summed E-state index contributed by atoms with van der Waals surface area (Å²) < 4.78 is 53.7. The number of hydrogen-bond acceptors (Lipinski definition) is 4. The predicted octanol–water partition coefficient (Wildman–Crippen LogP) is 1.14. The highest BCUT2D eigenvalue weighted by Crippen LogP contribution is 2.37. The minimum atomic E-state index is -4.83. The van der Waals surface area contributed by atoms with Crippen LogP contribution in [0.25, 0.3) is 0 Å². The Labute approximate surface area is 107 Å². The molecule has 0 saturated carbocycles. The summed E-state index contributed by atoms with van der Waals surface area (Å²) in [4.78, 5) is 11.0. The van der Waals surface area contributed by atoms with Crippen LogP contribution in [0, 0.1) is 0 Å². The van der Waals surface area contributed by atoms with Gasteiger partial charge in [-0.1, -0.05) is 6.07 Å². The first-order chi connectivity index (χ1) is 8.85. The van der Waals surface area contributed by atoms with Gasteiger partial charge in [0.05, 0.1) is 12.2 Å². The largest absolute Gasteiger partial charge is 0.489 e. The number of rotatable bonds is 3. The number of benzene rings is 1. The van der Waals surface area contributed by atoms with Crippen LogP contribution in [-0.2, 0) is 10.0 Å². The van der Waals surface area contributed by atoms with Crippen LogP contribution in [0.3, 0.4) is 0 Å². The van der Waals surface area contributed by atoms with Gasteiger partial charge >= 0.3 is 11.7 Å². The Morgan fingerprint density at radius 2 is 2.11 bits per heavy atom. The van der Waals surface area contributed by atoms with Crippen molar-refractivity contribution in [3.05, 3.63) is 23.8 Å². The summed E-state index contributed by atoms with van der Waals surface area (Å²) in [5, 5.41) is 8.94. The molecule has 19 heavy (non-hydrogen) atoms. The van der Waals surface area contributed by atoms with Crippen molar-refractivity contribution >= 4 is 21.7 Å². The highest BCUT2D eigenvalue weighted by molar-refractivity contribution is 7.93. The second-order valence-corrected chi connectivity index (χ2v) is 5.51. The highest BCUT2D eigenvalue weighted by Gasteiger charge is 2.36. The molecule has 104 valence electrons. The molecule has 0 radical (unpaired) electrons. The second-order valence-electron chi connectivity index (χ2n) is 3.69. The van der Waals surface area contributed by atoms with E-state index in [2.05, 4.69) is 0 Å². The number of alkyl halides is 2. The molecular formula is C10H9F2NO5S. The Bertz CT molecular complexity index is 616. The van der Waals surface area contributed by atoms with E-state index in [1.54, 1.807) is 0 Å². The Morgan fingerprint density at radius 1 is 1.42 bits per heavy atom. The van der Waals surface area contributed by atoms with Gasteiger partial charge in [-0.3, -0.25) is 4.31 Å². The summed E-state index contributed by atoms with van der Waals surface area (Å²) in [6, 6.07) is 3.70. The maximum atomic E-state index is 12.6. The van der Waals surface area contributed by atoms with Crippen molar-refractivity contribution < 1.29 is 31.8 Å². The lowest BCUT2D eigenvalue weighted by Crippen LogP contribution is -2.41. The Morgan fingerprint density at radius 3 is 2.68 bits per heavy atom. The minimum Gasteiger partial charge on any atom is -0.489 e. The van der Waals surface area contributed by atoms with Crippen molar-refractivity contribution in [1.29, 1.82) is 0 Å². The molecule has 1 aliphatic heterocycles. The normalized spacial score (nSPS) is 15.0. The zero-order valence-electron chi connectivity index (χ0n) is 9.42. The summed E-state index contributed by atoms with van der Waals surface area (Å²) in [6.45, 7) is -0.480. The van der Waals surface area contributed by atoms with Gasteiger partial charge in [0.2, 0.25) is 0 Å². The maximum Gasteiger partial charge on any atom is 0.355 e. The van der Waals surface area contributed by atoms with Gasteiger partial charge in [-0.05, 0) is 12.1 Å². The van der Waals surface area contributed by atoms with E-state index in [-0.39, 0.29) is 30.2 Å². The van der Waals surface area contributed by atoms with E-state index in [4.69, 9.17) is 9.84 Å². The molecule has 2 rings (SSSR count). The van der Waals surface area contributed by atoms with Crippen molar-refractivity contribution in [3.8, 4) is 5.75 Å². The van der Waals surface area contributed by atoms with Crippen LogP contribution in [0.15, 0.2) is 18.2 Å². The molecule has 0 bridgehead atoms. The number of aromatic carboxylic acids is 1. The number of halogens is 2. The zero-order valence-corrected chi connectivity index (χ0v) is 10.2. The molecule has 0 saturated heterocycles. The summed E-state index contributed by atoms with van der Waals surface area (Å²) in [5.41, 5.74) is -0.460. The Kier molecular flexibility index (Phi) is 3.31. The number of fused-ring (bicyclic) bond motifs is 1. The molecule has 1 aromatic rings. The van der Waals surface area contributed by atoms with Crippen molar-refractivity contribution in [2.24, 2.45) is 0 Å². The predicted molar refractivity (Wildman–Crippen MR) is 61.2 cm³/mol. The van der Waals surface area contributed by atoms with E-state index in [1.165, 1.54) is 18.2 Å². The van der Waals surface area contributed by atoms with Crippen LogP contribution >= 0.6 is 0 Å². The molecule has 0 aliphatic carbocycles. The Hall–Kier alpha value is -1.90. The summed E-state index contributed by atoms with van der Waals surface area (Å²) in [7, 11) is -4.83. The molecule has 0 spiro atoms. The monoisotopic (exact) mass is 293 g/mol. The average Bonchev–Trinajstić information content (AvgIpc) is 2.36. The minimum absolute atomic E-state index is 0.188. The van der Waals surface area contributed by atoms with Crippen LogP contribution in [0.1, 0.15) is 10.4 Å². The fourth-order valence-corrected chi connectivity index (χ4v) is 2.69. The van der Waals surface area contributed by atoms with Gasteiger partial charge < -0.3 is 9.84 Å². The number of para-hydroxylation sites is 1. The van der Waals surface area contributed by atoms with E-state index in [0.29, 0.717) is 4.31 Å². The lowest BCUT2D eigenvalue weighted by molar-refractivity contribution is 0.0692. The number of hydrogen-bond donors (Lipinski definition) is 1. The van der Waals surface area contributed by atoms with Crippen molar-refractivity contribution in [1.82, 2.24) is 0 Å². The zero-order chi connectivity index (χ0) is 14.2. The molecule has 0 fully saturated rings. The highest BCUT2D eigenvalue weighted by atomic mass is 32.2. The van der Waals surface area contributed by atoms with Crippen molar-refractivity contribution in [2.75, 3.05) is 17.5 Å². The number of carboxylic acid groups (broad SMARTS) is 1. The number of ether oxygens (including phenoxy) is 1. The van der Waals surface area contributed by atoms with Crippen LogP contribution < -0.4 is 9.04 Å². The molecule has 0 unspecified atom stereocenters. The van der Waals surface area contributed by atoms with E-state index in [0.717, 1.165) is 0 Å². The molecule has 0 aromatic heterocycles. The van der Waals surface area contributed by atoms with Crippen molar-refractivity contribution in [3.63, 3.8) is 0 Å². The smallest absolute Gasteiger partial charge is 0.355 e. The quantitative estimate of drug-likeness (QED) is 0.903. The number of anilines is 1. The van der Waals surface area contributed by atoms with Gasteiger partial charge in [0.1, 0.15) is 12.2 Å². The van der Waals surface area contributed by atoms with Crippen molar-refractivity contribution in [2.45, 2.75) is 5.76 Å². The molecule has 1 aromatic carbocycles.